The van der Waals surface area contributed by atoms with E-state index < -0.39 is 0 Å². The van der Waals surface area contributed by atoms with E-state index in [4.69, 9.17) is 0 Å². The molecule has 2 aliphatic rings. The van der Waals surface area contributed by atoms with E-state index in [0.717, 1.165) is 6.42 Å². The SMILES string of the molecule is O=C(OP)C1NC2C=CC1C2. The van der Waals surface area contributed by atoms with Crippen molar-refractivity contribution in [1.29, 1.82) is 0 Å². The molecule has 2 rings (SSSR count). The summed E-state index contributed by atoms with van der Waals surface area (Å²) in [5.41, 5.74) is 0. The second kappa shape index (κ2) is 2.58. The summed E-state index contributed by atoms with van der Waals surface area (Å²) in [6.07, 6.45) is 5.25. The van der Waals surface area contributed by atoms with E-state index in [-0.39, 0.29) is 12.0 Å². The molecule has 4 heteroatoms. The lowest BCUT2D eigenvalue weighted by atomic mass is 10.0. The molecule has 0 aromatic carbocycles. The molecule has 0 amide bonds. The second-order valence-electron chi connectivity index (χ2n) is 2.97. The lowest BCUT2D eigenvalue weighted by Crippen LogP contribution is -2.39. The van der Waals surface area contributed by atoms with Crippen molar-refractivity contribution in [3.05, 3.63) is 12.2 Å². The zero-order chi connectivity index (χ0) is 7.84. The quantitative estimate of drug-likeness (QED) is 0.453. The number of nitrogens with one attached hydrogen (secondary N) is 1. The number of carbonyl (C=O) groups is 1. The fraction of sp³-hybridized carbons (Fsp3) is 0.571. The van der Waals surface area contributed by atoms with Gasteiger partial charge in [0.25, 0.3) is 0 Å². The highest BCUT2D eigenvalue weighted by Crippen LogP contribution is 2.29. The summed E-state index contributed by atoms with van der Waals surface area (Å²) >= 11 is 0. The van der Waals surface area contributed by atoms with Crippen molar-refractivity contribution in [2.24, 2.45) is 5.92 Å². The van der Waals surface area contributed by atoms with Crippen LogP contribution in [0.4, 0.5) is 0 Å². The van der Waals surface area contributed by atoms with Gasteiger partial charge in [-0.2, -0.15) is 0 Å². The Morgan fingerprint density at radius 1 is 1.64 bits per heavy atom. The summed E-state index contributed by atoms with van der Waals surface area (Å²) in [7, 11) is 1.99. The molecule has 0 saturated carbocycles. The largest absolute Gasteiger partial charge is 0.450 e. The highest BCUT2D eigenvalue weighted by molar-refractivity contribution is 7.10. The topological polar surface area (TPSA) is 38.3 Å². The number of carbonyl (C=O) groups excluding carboxylic acids is 1. The van der Waals surface area contributed by atoms with Crippen LogP contribution in [0.3, 0.4) is 0 Å². The minimum absolute atomic E-state index is 0.109. The van der Waals surface area contributed by atoms with Crippen molar-refractivity contribution in [3.63, 3.8) is 0 Å². The van der Waals surface area contributed by atoms with Crippen molar-refractivity contribution in [3.8, 4) is 0 Å². The van der Waals surface area contributed by atoms with Crippen LogP contribution in [0.2, 0.25) is 0 Å². The van der Waals surface area contributed by atoms with Gasteiger partial charge in [-0.3, -0.25) is 10.1 Å². The average molecular weight is 171 g/mol. The molecule has 4 unspecified atom stereocenters. The molecule has 0 radical (unpaired) electrons. The second-order valence-corrected chi connectivity index (χ2v) is 3.21. The van der Waals surface area contributed by atoms with Crippen LogP contribution in [0, 0.1) is 5.92 Å². The van der Waals surface area contributed by atoms with E-state index in [9.17, 15) is 4.79 Å². The third-order valence-corrected chi connectivity index (χ3v) is 2.54. The molecule has 0 aromatic heterocycles. The van der Waals surface area contributed by atoms with Crippen LogP contribution < -0.4 is 5.32 Å². The molecule has 4 atom stereocenters. The summed E-state index contributed by atoms with van der Waals surface area (Å²) in [5.74, 6) is 0.180. The lowest BCUT2D eigenvalue weighted by Gasteiger charge is -2.15. The van der Waals surface area contributed by atoms with Crippen molar-refractivity contribution >= 4 is 15.4 Å². The predicted molar refractivity (Wildman–Crippen MR) is 43.8 cm³/mol. The van der Waals surface area contributed by atoms with Crippen molar-refractivity contribution in [1.82, 2.24) is 5.32 Å². The van der Waals surface area contributed by atoms with Crippen molar-refractivity contribution in [2.75, 3.05) is 0 Å². The fourth-order valence-electron chi connectivity index (χ4n) is 1.77. The summed E-state index contributed by atoms with van der Waals surface area (Å²) in [6, 6.07) is 0.289. The molecule has 1 N–H and O–H groups in total. The Balaban J connectivity index is 2.08. The molecule has 1 saturated heterocycles. The fourth-order valence-corrected chi connectivity index (χ4v) is 1.91. The molecule has 11 heavy (non-hydrogen) atoms. The summed E-state index contributed by atoms with van der Waals surface area (Å²) in [6.45, 7) is 0. The minimum Gasteiger partial charge on any atom is -0.450 e. The Morgan fingerprint density at radius 2 is 2.45 bits per heavy atom. The smallest absolute Gasteiger partial charge is 0.325 e. The van der Waals surface area contributed by atoms with Crippen LogP contribution in [0.1, 0.15) is 6.42 Å². The third-order valence-electron chi connectivity index (χ3n) is 2.31. The van der Waals surface area contributed by atoms with E-state index in [0.29, 0.717) is 12.0 Å². The van der Waals surface area contributed by atoms with Gasteiger partial charge < -0.3 is 4.52 Å². The highest BCUT2D eigenvalue weighted by Gasteiger charge is 2.39. The summed E-state index contributed by atoms with van der Waals surface area (Å²) in [5, 5.41) is 3.17. The predicted octanol–water partition coefficient (Wildman–Crippen LogP) is 0.236. The van der Waals surface area contributed by atoms with Gasteiger partial charge in [0.15, 0.2) is 0 Å². The molecule has 0 spiro atoms. The van der Waals surface area contributed by atoms with Crippen LogP contribution in [0.25, 0.3) is 0 Å². The van der Waals surface area contributed by atoms with Gasteiger partial charge in [0.2, 0.25) is 0 Å². The molecular weight excluding hydrogens is 161 g/mol. The van der Waals surface area contributed by atoms with Crippen LogP contribution in [0.15, 0.2) is 12.2 Å². The van der Waals surface area contributed by atoms with Gasteiger partial charge in [-0.15, -0.1) is 0 Å². The Bertz CT molecular complexity index is 216. The maximum absolute atomic E-state index is 11.1. The minimum atomic E-state index is -0.174. The number of hydrogen-bond donors (Lipinski definition) is 1. The molecule has 1 aliphatic carbocycles. The Kier molecular flexibility index (Phi) is 1.70. The van der Waals surface area contributed by atoms with Crippen LogP contribution in [-0.2, 0) is 9.32 Å². The molecular formula is C7H10NO2P. The molecule has 0 aromatic rings. The molecule has 2 bridgehead atoms. The first kappa shape index (κ1) is 7.26. The number of fused-ring (bicyclic) bond motifs is 2. The first-order chi connectivity index (χ1) is 5.31. The van der Waals surface area contributed by atoms with E-state index in [2.05, 4.69) is 22.0 Å². The monoisotopic (exact) mass is 171 g/mol. The molecule has 60 valence electrons. The first-order valence-electron chi connectivity index (χ1n) is 3.66. The molecule has 1 fully saturated rings. The van der Waals surface area contributed by atoms with E-state index in [1.165, 1.54) is 0 Å². The standard InChI is InChI=1S/C7H10NO2P/c9-7(10-11)6-4-1-2-5(3-4)8-6/h1-2,4-6,8H,3,11H2. The van der Waals surface area contributed by atoms with Crippen molar-refractivity contribution < 1.29 is 9.32 Å². The maximum atomic E-state index is 11.1. The number of hydrogen-bond acceptors (Lipinski definition) is 3. The van der Waals surface area contributed by atoms with Gasteiger partial charge in [-0.25, -0.2) is 0 Å². The first-order valence-corrected chi connectivity index (χ1v) is 4.13. The Labute approximate surface area is 67.5 Å². The van der Waals surface area contributed by atoms with Gasteiger partial charge in [0.1, 0.15) is 6.04 Å². The Morgan fingerprint density at radius 3 is 2.91 bits per heavy atom. The molecule has 1 heterocycles. The van der Waals surface area contributed by atoms with E-state index >= 15 is 0 Å². The molecule has 1 aliphatic heterocycles. The lowest BCUT2D eigenvalue weighted by molar-refractivity contribution is -0.135. The van der Waals surface area contributed by atoms with Gasteiger partial charge in [-0.1, -0.05) is 12.2 Å². The summed E-state index contributed by atoms with van der Waals surface area (Å²) in [4.78, 5) is 11.1. The summed E-state index contributed by atoms with van der Waals surface area (Å²) < 4.78 is 4.57. The normalized spacial score (nSPS) is 39.5. The van der Waals surface area contributed by atoms with Crippen molar-refractivity contribution in [2.45, 2.75) is 18.5 Å². The van der Waals surface area contributed by atoms with Gasteiger partial charge in [0, 0.05) is 12.0 Å². The van der Waals surface area contributed by atoms with Gasteiger partial charge in [-0.05, 0) is 6.42 Å². The zero-order valence-electron chi connectivity index (χ0n) is 5.99. The van der Waals surface area contributed by atoms with Crippen LogP contribution in [-0.4, -0.2) is 18.1 Å². The van der Waals surface area contributed by atoms with Gasteiger partial charge >= 0.3 is 5.97 Å². The van der Waals surface area contributed by atoms with E-state index in [1.807, 2.05) is 9.47 Å². The average Bonchev–Trinajstić information content (AvgIpc) is 2.62. The highest BCUT2D eigenvalue weighted by atomic mass is 31.0. The Hall–Kier alpha value is -0.400. The number of rotatable bonds is 1. The zero-order valence-corrected chi connectivity index (χ0v) is 7.14. The van der Waals surface area contributed by atoms with E-state index in [1.54, 1.807) is 0 Å². The third kappa shape index (κ3) is 1.09. The van der Waals surface area contributed by atoms with Gasteiger partial charge in [0.05, 0.1) is 9.47 Å². The maximum Gasteiger partial charge on any atom is 0.325 e. The van der Waals surface area contributed by atoms with Crippen LogP contribution >= 0.6 is 9.47 Å². The van der Waals surface area contributed by atoms with Crippen LogP contribution in [0.5, 0.6) is 0 Å². The molecule has 3 nitrogen and oxygen atoms in total.